The van der Waals surface area contributed by atoms with Crippen LogP contribution in [0.2, 0.25) is 0 Å². The van der Waals surface area contributed by atoms with E-state index in [-0.39, 0.29) is 23.8 Å². The number of hydrogen-bond donors (Lipinski definition) is 4. The molecule has 0 aliphatic heterocycles. The quantitative estimate of drug-likeness (QED) is 0.589. The van der Waals surface area contributed by atoms with Crippen molar-refractivity contribution in [3.05, 3.63) is 24.4 Å². The maximum atomic E-state index is 11.5. The third-order valence-electron chi connectivity index (χ3n) is 3.80. The molecule has 0 spiro atoms. The van der Waals surface area contributed by atoms with E-state index in [0.717, 1.165) is 25.7 Å². The minimum Gasteiger partial charge on any atom is -0.393 e. The number of anilines is 2. The van der Waals surface area contributed by atoms with E-state index in [4.69, 9.17) is 5.73 Å². The van der Waals surface area contributed by atoms with Crippen LogP contribution in [0.1, 0.15) is 43.0 Å². The van der Waals surface area contributed by atoms with Crippen molar-refractivity contribution in [3.63, 3.8) is 0 Å². The number of nitrogens with zero attached hydrogens (tertiary/aromatic N) is 2. The topological polar surface area (TPSA) is 113 Å². The number of aliphatic hydroxyl groups excluding tert-OH is 1. The van der Waals surface area contributed by atoms with Gasteiger partial charge in [0.15, 0.2) is 0 Å². The largest absolute Gasteiger partial charge is 0.393 e. The molecule has 0 saturated heterocycles. The Bertz CT molecular complexity index is 541. The van der Waals surface area contributed by atoms with Gasteiger partial charge in [0.2, 0.25) is 5.95 Å². The number of carbonyl (C=O) groups excluding carboxylic acids is 1. The minimum atomic E-state index is -0.578. The summed E-state index contributed by atoms with van der Waals surface area (Å²) in [5, 5.41) is 15.9. The third kappa shape index (κ3) is 4.17. The van der Waals surface area contributed by atoms with Crippen LogP contribution in [0, 0.1) is 0 Å². The summed E-state index contributed by atoms with van der Waals surface area (Å²) >= 11 is 0. The molecule has 0 aromatic carbocycles. The Morgan fingerprint density at radius 3 is 2.77 bits per heavy atom. The number of primary amides is 1. The number of amides is 1. The standard InChI is InChI=1S/C15H23N5O2/c1-3-9(2)18-14-12(13(16)22)8-17-15(20-14)19-10-4-6-11(21)7-5-10/h3,8-11,21H,1,4-7H2,2H3,(H2,16,22)(H2,17,18,19,20). The first-order valence-corrected chi connectivity index (χ1v) is 7.50. The van der Waals surface area contributed by atoms with Gasteiger partial charge in [-0.25, -0.2) is 4.98 Å². The molecule has 1 atom stereocenters. The first-order valence-electron chi connectivity index (χ1n) is 7.50. The zero-order chi connectivity index (χ0) is 16.1. The highest BCUT2D eigenvalue weighted by Gasteiger charge is 2.21. The summed E-state index contributed by atoms with van der Waals surface area (Å²) < 4.78 is 0. The summed E-state index contributed by atoms with van der Waals surface area (Å²) in [6, 6.07) is 0.179. The lowest BCUT2D eigenvalue weighted by Gasteiger charge is -2.26. The van der Waals surface area contributed by atoms with Crippen LogP contribution in [0.5, 0.6) is 0 Å². The molecule has 7 heteroatoms. The van der Waals surface area contributed by atoms with Crippen LogP contribution in [0.25, 0.3) is 0 Å². The molecule has 1 saturated carbocycles. The Kier molecular flexibility index (Phi) is 5.32. The lowest BCUT2D eigenvalue weighted by Crippen LogP contribution is -2.29. The smallest absolute Gasteiger partial charge is 0.254 e. The van der Waals surface area contributed by atoms with Crippen molar-refractivity contribution in [1.29, 1.82) is 0 Å². The summed E-state index contributed by atoms with van der Waals surface area (Å²) in [5.74, 6) is 0.268. The van der Waals surface area contributed by atoms with Gasteiger partial charge in [0.1, 0.15) is 5.82 Å². The fraction of sp³-hybridized carbons (Fsp3) is 0.533. The Morgan fingerprint density at radius 2 is 2.18 bits per heavy atom. The first kappa shape index (κ1) is 16.2. The van der Waals surface area contributed by atoms with Gasteiger partial charge in [0, 0.05) is 18.3 Å². The summed E-state index contributed by atoms with van der Waals surface area (Å²) in [5.41, 5.74) is 5.60. The fourth-order valence-corrected chi connectivity index (χ4v) is 2.42. The van der Waals surface area contributed by atoms with Gasteiger partial charge in [-0.3, -0.25) is 4.79 Å². The second-order valence-electron chi connectivity index (χ2n) is 5.64. The molecule has 1 amide bonds. The van der Waals surface area contributed by atoms with Gasteiger partial charge in [-0.15, -0.1) is 6.58 Å². The van der Waals surface area contributed by atoms with Gasteiger partial charge in [-0.1, -0.05) is 6.08 Å². The lowest BCUT2D eigenvalue weighted by molar-refractivity contribution is 0.100. The Hall–Kier alpha value is -2.15. The monoisotopic (exact) mass is 305 g/mol. The molecule has 7 nitrogen and oxygen atoms in total. The molecule has 1 aliphatic carbocycles. The van der Waals surface area contributed by atoms with Crippen molar-refractivity contribution in [2.45, 2.75) is 50.8 Å². The van der Waals surface area contributed by atoms with Crippen LogP contribution in [0.3, 0.4) is 0 Å². The van der Waals surface area contributed by atoms with Crippen LogP contribution < -0.4 is 16.4 Å². The highest BCUT2D eigenvalue weighted by atomic mass is 16.3. The van der Waals surface area contributed by atoms with E-state index in [1.165, 1.54) is 6.20 Å². The second-order valence-corrected chi connectivity index (χ2v) is 5.64. The Balaban J connectivity index is 2.13. The summed E-state index contributed by atoms with van der Waals surface area (Å²) in [7, 11) is 0. The molecule has 22 heavy (non-hydrogen) atoms. The van der Waals surface area contributed by atoms with Crippen molar-refractivity contribution in [3.8, 4) is 0 Å². The van der Waals surface area contributed by atoms with Crippen LogP contribution >= 0.6 is 0 Å². The molecule has 2 rings (SSSR count). The number of nitrogens with one attached hydrogen (secondary N) is 2. The Morgan fingerprint density at radius 1 is 1.50 bits per heavy atom. The van der Waals surface area contributed by atoms with Crippen LogP contribution in [-0.4, -0.2) is 39.2 Å². The average molecular weight is 305 g/mol. The molecule has 5 N–H and O–H groups in total. The second kappa shape index (κ2) is 7.22. The number of carbonyl (C=O) groups is 1. The summed E-state index contributed by atoms with van der Waals surface area (Å²) in [6.45, 7) is 5.59. The van der Waals surface area contributed by atoms with Gasteiger partial charge in [0.25, 0.3) is 5.91 Å². The predicted molar refractivity (Wildman–Crippen MR) is 85.7 cm³/mol. The molecule has 1 unspecified atom stereocenters. The fourth-order valence-electron chi connectivity index (χ4n) is 2.42. The van der Waals surface area contributed by atoms with E-state index in [0.29, 0.717) is 11.8 Å². The number of hydrogen-bond acceptors (Lipinski definition) is 6. The van der Waals surface area contributed by atoms with Gasteiger partial charge in [0.05, 0.1) is 11.7 Å². The van der Waals surface area contributed by atoms with E-state index < -0.39 is 5.91 Å². The normalized spacial score (nSPS) is 22.6. The first-order chi connectivity index (χ1) is 10.5. The Labute approximate surface area is 130 Å². The predicted octanol–water partition coefficient (Wildman–Crippen LogP) is 1.28. The molecule has 0 bridgehead atoms. The molecular weight excluding hydrogens is 282 g/mol. The molecule has 1 aromatic rings. The lowest BCUT2D eigenvalue weighted by atomic mass is 9.93. The van der Waals surface area contributed by atoms with E-state index in [1.807, 2.05) is 6.92 Å². The molecule has 1 aromatic heterocycles. The molecule has 1 heterocycles. The highest BCUT2D eigenvalue weighted by molar-refractivity contribution is 5.97. The molecule has 1 fully saturated rings. The van der Waals surface area contributed by atoms with Crippen molar-refractivity contribution < 1.29 is 9.90 Å². The van der Waals surface area contributed by atoms with Crippen molar-refractivity contribution >= 4 is 17.7 Å². The highest BCUT2D eigenvalue weighted by Crippen LogP contribution is 2.22. The van der Waals surface area contributed by atoms with E-state index in [9.17, 15) is 9.90 Å². The average Bonchev–Trinajstić information content (AvgIpc) is 2.49. The maximum absolute atomic E-state index is 11.5. The summed E-state index contributed by atoms with van der Waals surface area (Å²) in [6.07, 6.45) is 6.21. The van der Waals surface area contributed by atoms with E-state index in [2.05, 4.69) is 27.2 Å². The number of rotatable bonds is 6. The van der Waals surface area contributed by atoms with Crippen molar-refractivity contribution in [2.75, 3.05) is 10.6 Å². The van der Waals surface area contributed by atoms with Crippen molar-refractivity contribution in [2.24, 2.45) is 5.73 Å². The number of aromatic nitrogens is 2. The van der Waals surface area contributed by atoms with Gasteiger partial charge < -0.3 is 21.5 Å². The zero-order valence-corrected chi connectivity index (χ0v) is 12.7. The maximum Gasteiger partial charge on any atom is 0.254 e. The van der Waals surface area contributed by atoms with Crippen LogP contribution in [0.4, 0.5) is 11.8 Å². The third-order valence-corrected chi connectivity index (χ3v) is 3.80. The van der Waals surface area contributed by atoms with E-state index >= 15 is 0 Å². The zero-order valence-electron chi connectivity index (χ0n) is 12.7. The van der Waals surface area contributed by atoms with Gasteiger partial charge in [-0.05, 0) is 32.6 Å². The van der Waals surface area contributed by atoms with Crippen molar-refractivity contribution in [1.82, 2.24) is 9.97 Å². The summed E-state index contributed by atoms with van der Waals surface area (Å²) in [4.78, 5) is 20.0. The minimum absolute atomic E-state index is 0.0503. The van der Waals surface area contributed by atoms with Crippen LogP contribution in [0.15, 0.2) is 18.9 Å². The molecular formula is C15H23N5O2. The molecule has 120 valence electrons. The van der Waals surface area contributed by atoms with Gasteiger partial charge >= 0.3 is 0 Å². The van der Waals surface area contributed by atoms with Gasteiger partial charge in [-0.2, -0.15) is 4.98 Å². The molecule has 0 radical (unpaired) electrons. The SMILES string of the molecule is C=CC(C)Nc1nc(NC2CCC(O)CC2)ncc1C(N)=O. The number of aliphatic hydroxyl groups is 1. The molecule has 1 aliphatic rings. The van der Waals surface area contributed by atoms with Crippen LogP contribution in [-0.2, 0) is 0 Å². The number of nitrogens with two attached hydrogens (primary N) is 1. The van der Waals surface area contributed by atoms with E-state index in [1.54, 1.807) is 6.08 Å².